The molecule has 2 nitrogen and oxygen atoms in total. The van der Waals surface area contributed by atoms with E-state index in [9.17, 15) is 8.78 Å². The van der Waals surface area contributed by atoms with Gasteiger partial charge in [-0.15, -0.1) is 0 Å². The Morgan fingerprint density at radius 2 is 1.68 bits per heavy atom. The lowest BCUT2D eigenvalue weighted by molar-refractivity contribution is 0.509. The molecule has 3 N–H and O–H groups in total. The Kier molecular flexibility index (Phi) is 4.14. The first-order valence-corrected chi connectivity index (χ1v) is 6.09. The molecule has 0 aliphatic rings. The third-order valence-electron chi connectivity index (χ3n) is 3.08. The summed E-state index contributed by atoms with van der Waals surface area (Å²) in [6, 6.07) is 8.08. The van der Waals surface area contributed by atoms with E-state index >= 15 is 0 Å². The highest BCUT2D eigenvalue weighted by Crippen LogP contribution is 2.31. The average Bonchev–Trinajstić information content (AvgIpc) is 2.38. The predicted octanol–water partition coefficient (Wildman–Crippen LogP) is 3.48. The second-order valence-electron chi connectivity index (χ2n) is 4.19. The van der Waals surface area contributed by atoms with Gasteiger partial charge in [0.2, 0.25) is 0 Å². The van der Waals surface area contributed by atoms with Crippen LogP contribution < -0.4 is 11.3 Å². The van der Waals surface area contributed by atoms with Crippen LogP contribution in [0, 0.1) is 18.6 Å². The smallest absolute Gasteiger partial charge is 0.131 e. The van der Waals surface area contributed by atoms with E-state index in [4.69, 9.17) is 17.4 Å². The van der Waals surface area contributed by atoms with Gasteiger partial charge in [-0.05, 0) is 36.2 Å². The van der Waals surface area contributed by atoms with Gasteiger partial charge in [0.1, 0.15) is 11.6 Å². The second kappa shape index (κ2) is 5.65. The van der Waals surface area contributed by atoms with Crippen LogP contribution in [-0.2, 0) is 0 Å². The zero-order valence-electron chi connectivity index (χ0n) is 10.3. The van der Waals surface area contributed by atoms with Crippen LogP contribution in [0.1, 0.15) is 22.7 Å². The Hall–Kier alpha value is -1.49. The molecule has 0 aromatic heterocycles. The maximum Gasteiger partial charge on any atom is 0.131 e. The highest BCUT2D eigenvalue weighted by molar-refractivity contribution is 6.31. The fraction of sp³-hybridized carbons (Fsp3) is 0.143. The summed E-state index contributed by atoms with van der Waals surface area (Å²) in [6.45, 7) is 1.78. The summed E-state index contributed by atoms with van der Waals surface area (Å²) in [5.41, 5.74) is 3.70. The molecule has 0 bridgehead atoms. The quantitative estimate of drug-likeness (QED) is 0.668. The van der Waals surface area contributed by atoms with E-state index in [2.05, 4.69) is 5.43 Å². The van der Waals surface area contributed by atoms with E-state index in [1.54, 1.807) is 25.1 Å². The fourth-order valence-electron chi connectivity index (χ4n) is 2.05. The van der Waals surface area contributed by atoms with Crippen LogP contribution in [0.3, 0.4) is 0 Å². The molecule has 0 fully saturated rings. The van der Waals surface area contributed by atoms with E-state index in [0.717, 1.165) is 5.56 Å². The number of halogens is 3. The van der Waals surface area contributed by atoms with E-state index in [-0.39, 0.29) is 5.56 Å². The van der Waals surface area contributed by atoms with Crippen LogP contribution in [0.2, 0.25) is 5.02 Å². The van der Waals surface area contributed by atoms with E-state index in [1.165, 1.54) is 18.2 Å². The maximum atomic E-state index is 13.8. The van der Waals surface area contributed by atoms with Crippen LogP contribution in [0.25, 0.3) is 0 Å². The minimum atomic E-state index is -0.792. The van der Waals surface area contributed by atoms with Gasteiger partial charge in [-0.25, -0.2) is 14.2 Å². The van der Waals surface area contributed by atoms with Crippen molar-refractivity contribution in [2.24, 2.45) is 5.84 Å². The van der Waals surface area contributed by atoms with Gasteiger partial charge in [0.15, 0.2) is 0 Å². The number of benzene rings is 2. The van der Waals surface area contributed by atoms with Crippen molar-refractivity contribution in [2.45, 2.75) is 13.0 Å². The summed E-state index contributed by atoms with van der Waals surface area (Å²) in [7, 11) is 0. The molecule has 1 atom stereocenters. The lowest BCUT2D eigenvalue weighted by atomic mass is 9.94. The molecule has 0 heterocycles. The van der Waals surface area contributed by atoms with Crippen LogP contribution in [-0.4, -0.2) is 0 Å². The topological polar surface area (TPSA) is 38.0 Å². The largest absolute Gasteiger partial charge is 0.271 e. The Bertz CT molecular complexity index is 582. The molecule has 0 aliphatic heterocycles. The Labute approximate surface area is 115 Å². The average molecular weight is 283 g/mol. The number of hydrogen-bond donors (Lipinski definition) is 2. The molecule has 0 aliphatic carbocycles. The van der Waals surface area contributed by atoms with Crippen LogP contribution >= 0.6 is 11.6 Å². The van der Waals surface area contributed by atoms with Crippen molar-refractivity contribution in [3.05, 3.63) is 69.7 Å². The number of rotatable bonds is 3. The van der Waals surface area contributed by atoms with Crippen molar-refractivity contribution in [3.63, 3.8) is 0 Å². The highest BCUT2D eigenvalue weighted by atomic mass is 35.5. The first kappa shape index (κ1) is 13.9. The van der Waals surface area contributed by atoms with Crippen molar-refractivity contribution >= 4 is 11.6 Å². The first-order chi connectivity index (χ1) is 9.06. The van der Waals surface area contributed by atoms with Crippen molar-refractivity contribution in [2.75, 3.05) is 0 Å². The molecular weight excluding hydrogens is 270 g/mol. The van der Waals surface area contributed by atoms with Gasteiger partial charge in [0.05, 0.1) is 6.04 Å². The van der Waals surface area contributed by atoms with Gasteiger partial charge in [0, 0.05) is 10.6 Å². The van der Waals surface area contributed by atoms with Gasteiger partial charge in [-0.2, -0.15) is 0 Å². The monoisotopic (exact) mass is 282 g/mol. The Morgan fingerprint density at radius 1 is 1.11 bits per heavy atom. The summed E-state index contributed by atoms with van der Waals surface area (Å²) in [5.74, 6) is 4.17. The van der Waals surface area contributed by atoms with Crippen LogP contribution in [0.15, 0.2) is 36.4 Å². The van der Waals surface area contributed by atoms with Crippen molar-refractivity contribution in [3.8, 4) is 0 Å². The molecular formula is C14H13ClF2N2. The minimum Gasteiger partial charge on any atom is -0.271 e. The summed E-state index contributed by atoms with van der Waals surface area (Å²) >= 11 is 6.03. The number of nitrogens with one attached hydrogen (secondary N) is 1. The molecule has 100 valence electrons. The summed E-state index contributed by atoms with van der Waals surface area (Å²) in [5, 5.41) is 0.523. The fourth-order valence-corrected chi connectivity index (χ4v) is 2.23. The molecule has 1 unspecified atom stereocenters. The molecule has 2 aromatic rings. The van der Waals surface area contributed by atoms with Crippen LogP contribution in [0.5, 0.6) is 0 Å². The molecule has 0 saturated heterocycles. The molecule has 0 saturated carbocycles. The summed E-state index contributed by atoms with van der Waals surface area (Å²) in [4.78, 5) is 0. The van der Waals surface area contributed by atoms with Gasteiger partial charge in [0.25, 0.3) is 0 Å². The van der Waals surface area contributed by atoms with Crippen molar-refractivity contribution in [1.29, 1.82) is 0 Å². The molecule has 0 spiro atoms. The lowest BCUT2D eigenvalue weighted by Gasteiger charge is -2.20. The molecule has 0 radical (unpaired) electrons. The molecule has 2 aromatic carbocycles. The van der Waals surface area contributed by atoms with Crippen molar-refractivity contribution < 1.29 is 8.78 Å². The second-order valence-corrected chi connectivity index (χ2v) is 4.60. The SMILES string of the molecule is Cc1c(Cl)cccc1C(NN)c1c(F)cccc1F. The highest BCUT2D eigenvalue weighted by Gasteiger charge is 2.22. The third kappa shape index (κ3) is 2.61. The zero-order chi connectivity index (χ0) is 14.0. The first-order valence-electron chi connectivity index (χ1n) is 5.71. The number of hydrogen-bond acceptors (Lipinski definition) is 2. The van der Waals surface area contributed by atoms with Crippen molar-refractivity contribution in [1.82, 2.24) is 5.43 Å². The molecule has 5 heteroatoms. The van der Waals surface area contributed by atoms with Gasteiger partial charge in [-0.3, -0.25) is 5.84 Å². The summed E-state index contributed by atoms with van der Waals surface area (Å²) in [6.07, 6.45) is 0. The zero-order valence-corrected chi connectivity index (χ0v) is 11.0. The molecule has 19 heavy (non-hydrogen) atoms. The normalized spacial score (nSPS) is 12.5. The molecule has 2 rings (SSSR count). The summed E-state index contributed by atoms with van der Waals surface area (Å²) < 4.78 is 27.7. The lowest BCUT2D eigenvalue weighted by Crippen LogP contribution is -2.31. The van der Waals surface area contributed by atoms with Gasteiger partial charge in [-0.1, -0.05) is 29.8 Å². The van der Waals surface area contributed by atoms with Gasteiger partial charge >= 0.3 is 0 Å². The Morgan fingerprint density at radius 3 is 2.26 bits per heavy atom. The number of hydrazine groups is 1. The number of nitrogens with two attached hydrogens (primary N) is 1. The Balaban J connectivity index is 2.60. The predicted molar refractivity (Wildman–Crippen MR) is 71.7 cm³/mol. The minimum absolute atomic E-state index is 0.115. The maximum absolute atomic E-state index is 13.8. The van der Waals surface area contributed by atoms with E-state index < -0.39 is 17.7 Å². The molecule has 0 amide bonds. The third-order valence-corrected chi connectivity index (χ3v) is 3.49. The van der Waals surface area contributed by atoms with E-state index in [1.807, 2.05) is 0 Å². The standard InChI is InChI=1S/C14H13ClF2N2/c1-8-9(4-2-5-10(8)15)14(19-18)13-11(16)6-3-7-12(13)17/h2-7,14,19H,18H2,1H3. The van der Waals surface area contributed by atoms with Gasteiger partial charge < -0.3 is 0 Å². The van der Waals surface area contributed by atoms with E-state index in [0.29, 0.717) is 10.6 Å². The van der Waals surface area contributed by atoms with Crippen LogP contribution in [0.4, 0.5) is 8.78 Å².